The van der Waals surface area contributed by atoms with Gasteiger partial charge in [-0.15, -0.1) is 0 Å². The maximum atomic E-state index is 11.6. The number of hydrogen-bond acceptors (Lipinski definition) is 3. The van der Waals surface area contributed by atoms with Crippen molar-refractivity contribution in [3.05, 3.63) is 42.2 Å². The average molecular weight is 253 g/mol. The minimum absolute atomic E-state index is 0.110. The van der Waals surface area contributed by atoms with Crippen molar-refractivity contribution in [2.24, 2.45) is 0 Å². The normalized spacial score (nSPS) is 14.1. The molecule has 1 aliphatic rings. The molecule has 4 nitrogen and oxygen atoms in total. The predicted octanol–water partition coefficient (Wildman–Crippen LogP) is 2.44. The Bertz CT molecular complexity index is 610. The Balaban J connectivity index is 2.03. The molecule has 1 amide bonds. The van der Waals surface area contributed by atoms with Crippen molar-refractivity contribution in [1.29, 1.82) is 0 Å². The summed E-state index contributed by atoms with van der Waals surface area (Å²) in [6.07, 6.45) is 5.49. The van der Waals surface area contributed by atoms with Crippen LogP contribution in [0.1, 0.15) is 18.9 Å². The number of carbonyl (C=O) groups is 1. The second-order valence-corrected chi connectivity index (χ2v) is 4.75. The van der Waals surface area contributed by atoms with E-state index in [1.807, 2.05) is 23.1 Å². The molecule has 96 valence electrons. The van der Waals surface area contributed by atoms with E-state index in [2.05, 4.69) is 16.3 Å². The number of carbonyl (C=O) groups excluding carboxylic acids is 1. The highest BCUT2D eigenvalue weighted by atomic mass is 16.2. The Kier molecular flexibility index (Phi) is 2.99. The highest BCUT2D eigenvalue weighted by molar-refractivity contribution is 5.93. The van der Waals surface area contributed by atoms with Crippen LogP contribution in [0, 0.1) is 0 Å². The first-order valence-electron chi connectivity index (χ1n) is 6.44. The van der Waals surface area contributed by atoms with Gasteiger partial charge < -0.3 is 4.90 Å². The summed E-state index contributed by atoms with van der Waals surface area (Å²) in [7, 11) is 0. The van der Waals surface area contributed by atoms with Crippen LogP contribution in [0.15, 0.2) is 36.7 Å². The van der Waals surface area contributed by atoms with Crippen LogP contribution < -0.4 is 4.90 Å². The van der Waals surface area contributed by atoms with Crippen molar-refractivity contribution >= 4 is 11.6 Å². The van der Waals surface area contributed by atoms with Crippen LogP contribution in [0.5, 0.6) is 0 Å². The van der Waals surface area contributed by atoms with Gasteiger partial charge in [0.2, 0.25) is 5.91 Å². The predicted molar refractivity (Wildman–Crippen MR) is 73.8 cm³/mol. The largest absolute Gasteiger partial charge is 0.312 e. The molecule has 3 rings (SSSR count). The zero-order valence-corrected chi connectivity index (χ0v) is 10.8. The first-order valence-corrected chi connectivity index (χ1v) is 6.44. The number of aromatic nitrogens is 2. The van der Waals surface area contributed by atoms with Gasteiger partial charge in [-0.3, -0.25) is 4.79 Å². The number of amides is 1. The summed E-state index contributed by atoms with van der Waals surface area (Å²) < 4.78 is 0. The molecule has 1 aromatic heterocycles. The number of rotatable bonds is 1. The van der Waals surface area contributed by atoms with Crippen molar-refractivity contribution < 1.29 is 4.79 Å². The molecule has 1 aliphatic heterocycles. The van der Waals surface area contributed by atoms with Gasteiger partial charge in [0.15, 0.2) is 0 Å². The topological polar surface area (TPSA) is 46.1 Å². The van der Waals surface area contributed by atoms with Gasteiger partial charge in [0.05, 0.1) is 12.4 Å². The van der Waals surface area contributed by atoms with Gasteiger partial charge in [-0.1, -0.05) is 6.07 Å². The molecule has 2 aromatic rings. The molecule has 0 unspecified atom stereocenters. The molecule has 2 heterocycles. The molecule has 0 N–H and O–H groups in total. The van der Waals surface area contributed by atoms with Crippen molar-refractivity contribution in [3.8, 4) is 11.1 Å². The lowest BCUT2D eigenvalue weighted by Crippen LogP contribution is -2.33. The SMILES string of the molecule is CC(=O)N1CCCc2cc(-c3ccnnc3)ccc21. The van der Waals surface area contributed by atoms with Crippen molar-refractivity contribution in [1.82, 2.24) is 10.2 Å². The van der Waals surface area contributed by atoms with Gasteiger partial charge >= 0.3 is 0 Å². The highest BCUT2D eigenvalue weighted by Crippen LogP contribution is 2.31. The van der Waals surface area contributed by atoms with Crippen LogP contribution in [0.4, 0.5) is 5.69 Å². The fourth-order valence-corrected chi connectivity index (χ4v) is 2.57. The molecule has 0 bridgehead atoms. The molecule has 0 radical (unpaired) electrons. The fourth-order valence-electron chi connectivity index (χ4n) is 2.57. The van der Waals surface area contributed by atoms with E-state index in [1.54, 1.807) is 19.3 Å². The smallest absolute Gasteiger partial charge is 0.223 e. The Labute approximate surface area is 112 Å². The molecule has 19 heavy (non-hydrogen) atoms. The van der Waals surface area contributed by atoms with Crippen molar-refractivity contribution in [2.75, 3.05) is 11.4 Å². The van der Waals surface area contributed by atoms with E-state index in [1.165, 1.54) is 5.56 Å². The minimum Gasteiger partial charge on any atom is -0.312 e. The second-order valence-electron chi connectivity index (χ2n) is 4.75. The Morgan fingerprint density at radius 1 is 1.21 bits per heavy atom. The summed E-state index contributed by atoms with van der Waals surface area (Å²) in [5, 5.41) is 7.69. The quantitative estimate of drug-likeness (QED) is 0.784. The van der Waals surface area contributed by atoms with Crippen LogP contribution in [0.3, 0.4) is 0 Å². The van der Waals surface area contributed by atoms with Gasteiger partial charge in [-0.2, -0.15) is 10.2 Å². The number of nitrogens with zero attached hydrogens (tertiary/aromatic N) is 3. The number of anilines is 1. The van der Waals surface area contributed by atoms with Gasteiger partial charge in [-0.05, 0) is 42.2 Å². The molecule has 0 saturated heterocycles. The number of hydrogen-bond donors (Lipinski definition) is 0. The van der Waals surface area contributed by atoms with Crippen molar-refractivity contribution in [2.45, 2.75) is 19.8 Å². The third-order valence-corrected chi connectivity index (χ3v) is 3.50. The minimum atomic E-state index is 0.110. The van der Waals surface area contributed by atoms with Gasteiger partial charge in [0.1, 0.15) is 0 Å². The Morgan fingerprint density at radius 2 is 2.11 bits per heavy atom. The van der Waals surface area contributed by atoms with Crippen LogP contribution >= 0.6 is 0 Å². The zero-order valence-electron chi connectivity index (χ0n) is 10.8. The third-order valence-electron chi connectivity index (χ3n) is 3.50. The van der Waals surface area contributed by atoms with Crippen LogP contribution in [-0.2, 0) is 11.2 Å². The maximum absolute atomic E-state index is 11.6. The number of benzene rings is 1. The number of fused-ring (bicyclic) bond motifs is 1. The Morgan fingerprint density at radius 3 is 2.84 bits per heavy atom. The van der Waals surface area contributed by atoms with E-state index in [4.69, 9.17) is 0 Å². The molecule has 4 heteroatoms. The van der Waals surface area contributed by atoms with Crippen molar-refractivity contribution in [3.63, 3.8) is 0 Å². The van der Waals surface area contributed by atoms with E-state index < -0.39 is 0 Å². The molecule has 1 aromatic carbocycles. The summed E-state index contributed by atoms with van der Waals surface area (Å²) in [6.45, 7) is 2.44. The first kappa shape index (κ1) is 11.8. The lowest BCUT2D eigenvalue weighted by molar-refractivity contribution is -0.116. The maximum Gasteiger partial charge on any atom is 0.223 e. The fraction of sp³-hybridized carbons (Fsp3) is 0.267. The molecule has 0 atom stereocenters. The van der Waals surface area contributed by atoms with E-state index in [9.17, 15) is 4.79 Å². The highest BCUT2D eigenvalue weighted by Gasteiger charge is 2.20. The molecule has 0 fully saturated rings. The molecule has 0 spiro atoms. The van der Waals surface area contributed by atoms with Crippen LogP contribution in [0.25, 0.3) is 11.1 Å². The first-order chi connectivity index (χ1) is 9.25. The molecule has 0 saturated carbocycles. The van der Waals surface area contributed by atoms with Gasteiger partial charge in [-0.25, -0.2) is 0 Å². The summed E-state index contributed by atoms with van der Waals surface area (Å²) in [6, 6.07) is 8.17. The van der Waals surface area contributed by atoms with E-state index in [0.29, 0.717) is 0 Å². The molecular weight excluding hydrogens is 238 g/mol. The van der Waals surface area contributed by atoms with Crippen LogP contribution in [-0.4, -0.2) is 22.6 Å². The van der Waals surface area contributed by atoms with E-state index >= 15 is 0 Å². The van der Waals surface area contributed by atoms with E-state index in [0.717, 1.165) is 36.2 Å². The summed E-state index contributed by atoms with van der Waals surface area (Å²) in [5.74, 6) is 0.110. The van der Waals surface area contributed by atoms with Gasteiger partial charge in [0, 0.05) is 24.7 Å². The zero-order chi connectivity index (χ0) is 13.2. The summed E-state index contributed by atoms with van der Waals surface area (Å²) in [5.41, 5.74) is 4.46. The van der Waals surface area contributed by atoms with E-state index in [-0.39, 0.29) is 5.91 Å². The standard InChI is InChI=1S/C15H15N3O/c1-11(19)18-8-2-3-13-9-12(4-5-15(13)18)14-6-7-16-17-10-14/h4-7,9-10H,2-3,8H2,1H3. The number of aryl methyl sites for hydroxylation is 1. The van der Waals surface area contributed by atoms with Crippen LogP contribution in [0.2, 0.25) is 0 Å². The molecule has 0 aliphatic carbocycles. The monoisotopic (exact) mass is 253 g/mol. The summed E-state index contributed by atoms with van der Waals surface area (Å²) >= 11 is 0. The third kappa shape index (κ3) is 2.21. The lowest BCUT2D eigenvalue weighted by atomic mass is 9.97. The summed E-state index contributed by atoms with van der Waals surface area (Å²) in [4.78, 5) is 13.5. The lowest BCUT2D eigenvalue weighted by Gasteiger charge is -2.29. The second kappa shape index (κ2) is 4.80. The molecular formula is C15H15N3O. The average Bonchev–Trinajstić information content (AvgIpc) is 2.47. The van der Waals surface area contributed by atoms with Gasteiger partial charge in [0.25, 0.3) is 0 Å². The Hall–Kier alpha value is -2.23.